The molecule has 0 saturated heterocycles. The Morgan fingerprint density at radius 2 is 1.91 bits per heavy atom. The largest absolute Gasteiger partial charge is 0.439 e. The van der Waals surface area contributed by atoms with E-state index < -0.39 is 11.2 Å². The van der Waals surface area contributed by atoms with Gasteiger partial charge in [-0.3, -0.25) is 10.4 Å². The molecule has 0 radical (unpaired) electrons. The van der Waals surface area contributed by atoms with E-state index in [0.717, 1.165) is 7.05 Å². The smallest absolute Gasteiger partial charge is 0.298 e. The van der Waals surface area contributed by atoms with Gasteiger partial charge in [0.25, 0.3) is 0 Å². The molecule has 0 atom stereocenters. The fourth-order valence-electron chi connectivity index (χ4n) is 0.375. The zero-order valence-electron chi connectivity index (χ0n) is 5.99. The number of hydrogen-bond acceptors (Lipinski definition) is 3. The highest BCUT2D eigenvalue weighted by atomic mass is 32.2. The van der Waals surface area contributed by atoms with E-state index in [4.69, 9.17) is 5.41 Å². The molecule has 0 saturated carbocycles. The summed E-state index contributed by atoms with van der Waals surface area (Å²) in [4.78, 5) is 3.01. The Bertz CT molecular complexity index is 185. The number of aliphatic imine (C=N–C) groups is 1. The molecular formula is C5H7F3N2S. The molecule has 2 nitrogen and oxygen atoms in total. The van der Waals surface area contributed by atoms with Gasteiger partial charge in [0.2, 0.25) is 0 Å². The third kappa shape index (κ3) is 4.02. The van der Waals surface area contributed by atoms with E-state index >= 15 is 0 Å². The number of thioether (sulfide) groups is 1. The van der Waals surface area contributed by atoms with Crippen molar-refractivity contribution in [3.8, 4) is 0 Å². The Hall–Kier alpha value is -0.520. The second kappa shape index (κ2) is 3.75. The minimum atomic E-state index is -4.43. The number of alkyl halides is 3. The van der Waals surface area contributed by atoms with E-state index in [0.29, 0.717) is 11.8 Å². The summed E-state index contributed by atoms with van der Waals surface area (Å²) < 4.78 is 35.5. The SMILES string of the molecule is CN=C(SC(C)=N)C(F)(F)F. The van der Waals surface area contributed by atoms with Crippen LogP contribution in [0.4, 0.5) is 13.2 Å². The number of rotatable bonds is 0. The van der Waals surface area contributed by atoms with Crippen molar-refractivity contribution < 1.29 is 13.2 Å². The van der Waals surface area contributed by atoms with Crippen LogP contribution in [0.15, 0.2) is 4.99 Å². The Morgan fingerprint density at radius 3 is 2.00 bits per heavy atom. The summed E-state index contributed by atoms with van der Waals surface area (Å²) in [5, 5.41) is 5.69. The molecule has 0 bridgehead atoms. The van der Waals surface area contributed by atoms with Crippen molar-refractivity contribution in [2.24, 2.45) is 4.99 Å². The minimum Gasteiger partial charge on any atom is -0.298 e. The van der Waals surface area contributed by atoms with E-state index in [2.05, 4.69) is 4.99 Å². The first-order valence-corrected chi connectivity index (χ1v) is 3.46. The lowest BCUT2D eigenvalue weighted by molar-refractivity contribution is -0.0554. The highest BCUT2D eigenvalue weighted by Crippen LogP contribution is 2.25. The molecule has 0 aliphatic carbocycles. The molecule has 0 aromatic carbocycles. The summed E-state index contributed by atoms with van der Waals surface area (Å²) in [7, 11) is 1.05. The monoisotopic (exact) mass is 184 g/mol. The van der Waals surface area contributed by atoms with Gasteiger partial charge in [0.05, 0.1) is 5.04 Å². The van der Waals surface area contributed by atoms with Gasteiger partial charge in [-0.2, -0.15) is 13.2 Å². The standard InChI is InChI=1S/C5H7F3N2S/c1-3(9)11-4(10-2)5(6,7)8/h9H,1-2H3. The fourth-order valence-corrected chi connectivity index (χ4v) is 0.872. The highest BCUT2D eigenvalue weighted by molar-refractivity contribution is 8.26. The van der Waals surface area contributed by atoms with Gasteiger partial charge in [-0.05, 0) is 6.92 Å². The molecule has 0 aliphatic rings. The van der Waals surface area contributed by atoms with Crippen LogP contribution in [0.25, 0.3) is 0 Å². The predicted molar refractivity (Wildman–Crippen MR) is 40.4 cm³/mol. The van der Waals surface area contributed by atoms with Gasteiger partial charge < -0.3 is 0 Å². The summed E-state index contributed by atoms with van der Waals surface area (Å²) in [6.45, 7) is 1.28. The van der Waals surface area contributed by atoms with Crippen molar-refractivity contribution in [1.82, 2.24) is 0 Å². The number of nitrogens with zero attached hydrogens (tertiary/aromatic N) is 1. The molecule has 6 heteroatoms. The van der Waals surface area contributed by atoms with Crippen molar-refractivity contribution in [1.29, 1.82) is 5.41 Å². The summed E-state index contributed by atoms with van der Waals surface area (Å²) >= 11 is 0.315. The number of hydrogen-bond donors (Lipinski definition) is 1. The second-order valence-electron chi connectivity index (χ2n) is 1.68. The van der Waals surface area contributed by atoms with E-state index in [-0.39, 0.29) is 5.04 Å². The van der Waals surface area contributed by atoms with Gasteiger partial charge in [0.1, 0.15) is 0 Å². The summed E-state index contributed by atoms with van der Waals surface area (Å²) in [6, 6.07) is 0. The first-order valence-electron chi connectivity index (χ1n) is 2.65. The maximum absolute atomic E-state index is 11.8. The van der Waals surface area contributed by atoms with Gasteiger partial charge in [0, 0.05) is 7.05 Å². The van der Waals surface area contributed by atoms with Crippen molar-refractivity contribution in [3.05, 3.63) is 0 Å². The Morgan fingerprint density at radius 1 is 1.45 bits per heavy atom. The molecule has 0 aliphatic heterocycles. The second-order valence-corrected chi connectivity index (χ2v) is 2.89. The van der Waals surface area contributed by atoms with Crippen LogP contribution in [0.3, 0.4) is 0 Å². The number of nitrogens with one attached hydrogen (secondary N) is 1. The average molecular weight is 184 g/mol. The maximum atomic E-state index is 11.8. The molecule has 1 N–H and O–H groups in total. The van der Waals surface area contributed by atoms with Crippen LogP contribution in [0.2, 0.25) is 0 Å². The van der Waals surface area contributed by atoms with Gasteiger partial charge in [-0.25, -0.2) is 0 Å². The lowest BCUT2D eigenvalue weighted by Gasteiger charge is -2.06. The Labute approximate surface area is 66.4 Å². The average Bonchev–Trinajstić information content (AvgIpc) is 1.79. The van der Waals surface area contributed by atoms with Gasteiger partial charge in [-0.15, -0.1) is 0 Å². The lowest BCUT2D eigenvalue weighted by Crippen LogP contribution is -2.20. The van der Waals surface area contributed by atoms with Crippen LogP contribution in [-0.4, -0.2) is 23.3 Å². The van der Waals surface area contributed by atoms with E-state index in [1.807, 2.05) is 0 Å². The predicted octanol–water partition coefficient (Wildman–Crippen LogP) is 2.31. The normalized spacial score (nSPS) is 13.4. The zero-order valence-corrected chi connectivity index (χ0v) is 6.81. The zero-order chi connectivity index (χ0) is 9.07. The molecular weight excluding hydrogens is 177 g/mol. The molecule has 0 fully saturated rings. The summed E-state index contributed by atoms with van der Waals surface area (Å²) in [5.41, 5.74) is 0. The molecule has 0 rings (SSSR count). The summed E-state index contributed by atoms with van der Waals surface area (Å²) in [6.07, 6.45) is -4.43. The number of halogens is 3. The van der Waals surface area contributed by atoms with E-state index in [1.54, 1.807) is 0 Å². The lowest BCUT2D eigenvalue weighted by atomic mass is 10.7. The molecule has 0 amide bonds. The van der Waals surface area contributed by atoms with Gasteiger partial charge >= 0.3 is 6.18 Å². The van der Waals surface area contributed by atoms with E-state index in [9.17, 15) is 13.2 Å². The van der Waals surface area contributed by atoms with Gasteiger partial charge in [0.15, 0.2) is 5.04 Å². The van der Waals surface area contributed by atoms with Crippen LogP contribution in [0.5, 0.6) is 0 Å². The van der Waals surface area contributed by atoms with Crippen LogP contribution >= 0.6 is 11.8 Å². The van der Waals surface area contributed by atoms with Crippen LogP contribution in [0, 0.1) is 5.41 Å². The Balaban J connectivity index is 4.33. The third-order valence-electron chi connectivity index (χ3n) is 0.695. The van der Waals surface area contributed by atoms with Crippen molar-refractivity contribution in [3.63, 3.8) is 0 Å². The third-order valence-corrected chi connectivity index (χ3v) is 1.61. The van der Waals surface area contributed by atoms with Crippen LogP contribution in [-0.2, 0) is 0 Å². The van der Waals surface area contributed by atoms with Crippen LogP contribution in [0.1, 0.15) is 6.92 Å². The van der Waals surface area contributed by atoms with Gasteiger partial charge in [-0.1, -0.05) is 11.8 Å². The van der Waals surface area contributed by atoms with Crippen LogP contribution < -0.4 is 0 Å². The topological polar surface area (TPSA) is 36.2 Å². The molecule has 11 heavy (non-hydrogen) atoms. The molecule has 64 valence electrons. The van der Waals surface area contributed by atoms with Crippen molar-refractivity contribution in [2.45, 2.75) is 13.1 Å². The minimum absolute atomic E-state index is 0.122. The molecule has 0 aromatic heterocycles. The molecule has 0 unspecified atom stereocenters. The maximum Gasteiger partial charge on any atom is 0.439 e. The first-order chi connectivity index (χ1) is 4.88. The molecule has 0 spiro atoms. The quantitative estimate of drug-likeness (QED) is 0.455. The highest BCUT2D eigenvalue weighted by Gasteiger charge is 2.35. The first kappa shape index (κ1) is 10.5. The van der Waals surface area contributed by atoms with E-state index in [1.165, 1.54) is 6.92 Å². The van der Waals surface area contributed by atoms with Crippen molar-refractivity contribution in [2.75, 3.05) is 7.05 Å². The van der Waals surface area contributed by atoms with Crippen molar-refractivity contribution >= 4 is 21.8 Å². The molecule has 0 heterocycles. The summed E-state index contributed by atoms with van der Waals surface area (Å²) in [5.74, 6) is 0. The molecule has 0 aromatic rings. The fraction of sp³-hybridized carbons (Fsp3) is 0.600. The Kier molecular flexibility index (Phi) is 3.57.